The second kappa shape index (κ2) is 5.00. The molecule has 1 heterocycles. The van der Waals surface area contributed by atoms with E-state index in [1.54, 1.807) is 0 Å². The molecule has 0 aromatic carbocycles. The van der Waals surface area contributed by atoms with Crippen LogP contribution in [0.25, 0.3) is 0 Å². The number of nitrogens with one attached hydrogen (secondary N) is 1. The van der Waals surface area contributed by atoms with Gasteiger partial charge in [0.1, 0.15) is 5.60 Å². The largest absolute Gasteiger partial charge is 0.460 e. The third-order valence-corrected chi connectivity index (χ3v) is 2.93. The third-order valence-electron chi connectivity index (χ3n) is 2.93. The van der Waals surface area contributed by atoms with Gasteiger partial charge in [-0.1, -0.05) is 6.08 Å². The molecule has 1 rings (SSSR count). The van der Waals surface area contributed by atoms with Crippen LogP contribution in [-0.2, 0) is 9.53 Å². The van der Waals surface area contributed by atoms with E-state index >= 15 is 0 Å². The molecule has 0 radical (unpaired) electrons. The highest BCUT2D eigenvalue weighted by Gasteiger charge is 2.41. The van der Waals surface area contributed by atoms with Crippen LogP contribution in [0.5, 0.6) is 0 Å². The molecule has 0 aliphatic carbocycles. The molecule has 3 heteroatoms. The average Bonchev–Trinajstić information content (AvgIpc) is 2.17. The summed E-state index contributed by atoms with van der Waals surface area (Å²) in [6.07, 6.45) is 4.22. The van der Waals surface area contributed by atoms with Crippen molar-refractivity contribution in [2.75, 3.05) is 13.1 Å². The molecule has 0 bridgehead atoms. The molecule has 0 aromatic rings. The molecule has 16 heavy (non-hydrogen) atoms. The van der Waals surface area contributed by atoms with Gasteiger partial charge in [-0.3, -0.25) is 4.79 Å². The lowest BCUT2D eigenvalue weighted by molar-refractivity contribution is -0.169. The predicted molar refractivity (Wildman–Crippen MR) is 65.2 cm³/mol. The van der Waals surface area contributed by atoms with Crippen LogP contribution >= 0.6 is 0 Å². The van der Waals surface area contributed by atoms with Crippen LogP contribution in [-0.4, -0.2) is 24.7 Å². The average molecular weight is 225 g/mol. The van der Waals surface area contributed by atoms with Crippen molar-refractivity contribution in [3.05, 3.63) is 12.7 Å². The quantitative estimate of drug-likeness (QED) is 0.591. The van der Waals surface area contributed by atoms with E-state index in [0.717, 1.165) is 25.9 Å². The fourth-order valence-corrected chi connectivity index (χ4v) is 2.06. The van der Waals surface area contributed by atoms with E-state index in [2.05, 4.69) is 11.9 Å². The van der Waals surface area contributed by atoms with Crippen LogP contribution in [0.1, 0.15) is 40.0 Å². The fourth-order valence-electron chi connectivity index (χ4n) is 2.06. The Morgan fingerprint density at radius 1 is 1.44 bits per heavy atom. The minimum Gasteiger partial charge on any atom is -0.460 e. The number of carbonyl (C=O) groups excluding carboxylic acids is 1. The topological polar surface area (TPSA) is 38.3 Å². The number of hydrogen-bond acceptors (Lipinski definition) is 3. The zero-order valence-corrected chi connectivity index (χ0v) is 10.6. The highest BCUT2D eigenvalue weighted by Crippen LogP contribution is 2.35. The Hall–Kier alpha value is -0.830. The number of allylic oxidation sites excluding steroid dienone is 1. The van der Waals surface area contributed by atoms with Crippen molar-refractivity contribution >= 4 is 5.97 Å². The molecule has 0 saturated carbocycles. The Bertz CT molecular complexity index is 260. The number of rotatable bonds is 3. The van der Waals surface area contributed by atoms with Crippen molar-refractivity contribution < 1.29 is 9.53 Å². The zero-order chi connectivity index (χ0) is 12.2. The van der Waals surface area contributed by atoms with Gasteiger partial charge in [0.05, 0.1) is 5.41 Å². The normalized spacial score (nSPS) is 20.2. The van der Waals surface area contributed by atoms with E-state index in [-0.39, 0.29) is 11.4 Å². The molecule has 0 amide bonds. The van der Waals surface area contributed by atoms with Gasteiger partial charge in [0.15, 0.2) is 0 Å². The molecule has 1 aliphatic heterocycles. The minimum atomic E-state index is -0.407. The van der Waals surface area contributed by atoms with Crippen molar-refractivity contribution in [3.8, 4) is 0 Å². The highest BCUT2D eigenvalue weighted by atomic mass is 16.6. The van der Waals surface area contributed by atoms with Crippen LogP contribution in [0, 0.1) is 5.41 Å². The van der Waals surface area contributed by atoms with Gasteiger partial charge in [-0.15, -0.1) is 6.58 Å². The van der Waals surface area contributed by atoms with E-state index in [0.29, 0.717) is 6.42 Å². The van der Waals surface area contributed by atoms with Crippen LogP contribution < -0.4 is 5.32 Å². The Balaban J connectivity index is 2.75. The summed E-state index contributed by atoms with van der Waals surface area (Å²) >= 11 is 0. The van der Waals surface area contributed by atoms with Crippen LogP contribution in [0.15, 0.2) is 12.7 Å². The monoisotopic (exact) mass is 225 g/mol. The van der Waals surface area contributed by atoms with Crippen molar-refractivity contribution in [2.45, 2.75) is 45.6 Å². The predicted octanol–water partition coefficient (Wildman–Crippen LogP) is 2.27. The second-order valence-corrected chi connectivity index (χ2v) is 5.53. The maximum absolute atomic E-state index is 12.2. The summed E-state index contributed by atoms with van der Waals surface area (Å²) in [4.78, 5) is 12.2. The van der Waals surface area contributed by atoms with Crippen molar-refractivity contribution in [3.63, 3.8) is 0 Å². The SMILES string of the molecule is C=CCC1(C(=O)OC(C)(C)C)CCNCC1. The van der Waals surface area contributed by atoms with Gasteiger partial charge in [-0.05, 0) is 53.1 Å². The van der Waals surface area contributed by atoms with E-state index < -0.39 is 5.60 Å². The molecule has 0 unspecified atom stereocenters. The summed E-state index contributed by atoms with van der Waals surface area (Å²) in [5.74, 6) is -0.0681. The van der Waals surface area contributed by atoms with Gasteiger partial charge in [-0.25, -0.2) is 0 Å². The van der Waals surface area contributed by atoms with E-state index in [1.807, 2.05) is 26.8 Å². The van der Waals surface area contributed by atoms with E-state index in [4.69, 9.17) is 4.74 Å². The molecule has 3 nitrogen and oxygen atoms in total. The first-order valence-electron chi connectivity index (χ1n) is 5.95. The summed E-state index contributed by atoms with van der Waals surface area (Å²) in [5.41, 5.74) is -0.754. The third kappa shape index (κ3) is 3.34. The summed E-state index contributed by atoms with van der Waals surface area (Å²) in [5, 5.41) is 3.27. The van der Waals surface area contributed by atoms with Crippen LogP contribution in [0.3, 0.4) is 0 Å². The lowest BCUT2D eigenvalue weighted by Gasteiger charge is -2.36. The Kier molecular flexibility index (Phi) is 4.14. The molecule has 1 saturated heterocycles. The molecule has 1 aliphatic rings. The van der Waals surface area contributed by atoms with Crippen LogP contribution in [0.4, 0.5) is 0 Å². The lowest BCUT2D eigenvalue weighted by Crippen LogP contribution is -2.44. The van der Waals surface area contributed by atoms with E-state index in [1.165, 1.54) is 0 Å². The lowest BCUT2D eigenvalue weighted by atomic mass is 9.76. The summed E-state index contributed by atoms with van der Waals surface area (Å²) in [6, 6.07) is 0. The van der Waals surface area contributed by atoms with Gasteiger partial charge in [0, 0.05) is 0 Å². The molecule has 92 valence electrons. The number of hydrogen-bond donors (Lipinski definition) is 1. The van der Waals surface area contributed by atoms with Gasteiger partial charge >= 0.3 is 5.97 Å². The molecule has 0 spiro atoms. The second-order valence-electron chi connectivity index (χ2n) is 5.53. The fraction of sp³-hybridized carbons (Fsp3) is 0.769. The van der Waals surface area contributed by atoms with Crippen molar-refractivity contribution in [1.29, 1.82) is 0 Å². The first kappa shape index (κ1) is 13.2. The standard InChI is InChI=1S/C13H23NO2/c1-5-6-13(7-9-14-10-8-13)11(15)16-12(2,3)4/h5,14H,1,6-10H2,2-4H3. The minimum absolute atomic E-state index is 0.0681. The Morgan fingerprint density at radius 2 is 2.00 bits per heavy atom. The van der Waals surface area contributed by atoms with E-state index in [9.17, 15) is 4.79 Å². The molecule has 1 fully saturated rings. The maximum Gasteiger partial charge on any atom is 0.313 e. The van der Waals surface area contributed by atoms with Crippen LogP contribution in [0.2, 0.25) is 0 Å². The molecule has 1 N–H and O–H groups in total. The van der Waals surface area contributed by atoms with Gasteiger partial charge < -0.3 is 10.1 Å². The number of esters is 1. The first-order chi connectivity index (χ1) is 7.40. The Morgan fingerprint density at radius 3 is 2.44 bits per heavy atom. The number of piperidine rings is 1. The zero-order valence-electron chi connectivity index (χ0n) is 10.6. The first-order valence-corrected chi connectivity index (χ1v) is 5.95. The number of ether oxygens (including phenoxy) is 1. The molecule has 0 atom stereocenters. The highest BCUT2D eigenvalue weighted by molar-refractivity contribution is 5.77. The molecular formula is C13H23NO2. The Labute approximate surface area is 98.2 Å². The number of carbonyl (C=O) groups is 1. The maximum atomic E-state index is 12.2. The molecular weight excluding hydrogens is 202 g/mol. The van der Waals surface area contributed by atoms with Crippen molar-refractivity contribution in [2.24, 2.45) is 5.41 Å². The summed E-state index contributed by atoms with van der Waals surface area (Å²) in [7, 11) is 0. The summed E-state index contributed by atoms with van der Waals surface area (Å²) in [6.45, 7) is 11.2. The van der Waals surface area contributed by atoms with Gasteiger partial charge in [0.25, 0.3) is 0 Å². The van der Waals surface area contributed by atoms with Gasteiger partial charge in [0.2, 0.25) is 0 Å². The van der Waals surface area contributed by atoms with Gasteiger partial charge in [-0.2, -0.15) is 0 Å². The van der Waals surface area contributed by atoms with Crippen molar-refractivity contribution in [1.82, 2.24) is 5.32 Å². The molecule has 0 aromatic heterocycles. The smallest absolute Gasteiger partial charge is 0.313 e. The summed E-state index contributed by atoms with van der Waals surface area (Å²) < 4.78 is 5.52.